The molecular weight excluding hydrogens is 1940 g/mol. The van der Waals surface area contributed by atoms with E-state index in [1.165, 1.54) is 71.4 Å². The van der Waals surface area contributed by atoms with Crippen LogP contribution in [0.1, 0.15) is 0 Å². The van der Waals surface area contributed by atoms with Crippen molar-refractivity contribution < 1.29 is 27.8 Å². The second-order valence-corrected chi connectivity index (χ2v) is 44.1. The maximum absolute atomic E-state index is 7.47. The van der Waals surface area contributed by atoms with Gasteiger partial charge in [0, 0.05) is 22.1 Å². The van der Waals surface area contributed by atoms with Crippen molar-refractivity contribution in [2.45, 2.75) is 0 Å². The average molecular weight is 2020 g/mol. The first-order valence-electron chi connectivity index (χ1n) is 50.6. The Balaban J connectivity index is 0.000000129. The molecule has 34 rings (SSSR count). The molecule has 0 spiro atoms. The third kappa shape index (κ3) is 11.8. The zero-order chi connectivity index (χ0) is 96.3. The molecule has 8 aliphatic rings. The number of rotatable bonds is 8. The van der Waals surface area contributed by atoms with Crippen LogP contribution in [0, 0.1) is 0 Å². The zero-order valence-corrected chi connectivity index (χ0v) is 82.7. The molecule has 0 atom stereocenters. The fourth-order valence-corrected chi connectivity index (χ4v) is 30.7. The van der Waals surface area contributed by atoms with Gasteiger partial charge in [-0.05, 0) is 36.4 Å². The Kier molecular flexibility index (Phi) is 17.7. The molecule has 0 saturated heterocycles. The minimum atomic E-state index is -0.180. The van der Waals surface area contributed by atoms with Crippen molar-refractivity contribution in [2.75, 3.05) is 19.6 Å². The van der Waals surface area contributed by atoms with E-state index in [9.17, 15) is 0 Å². The maximum atomic E-state index is 7.47. The first-order chi connectivity index (χ1) is 73.5. The quantitative estimate of drug-likeness (QED) is 0.137. The first-order valence-corrected chi connectivity index (χ1v) is 54.0. The molecule has 12 heterocycles. The number of ether oxygens (including phenoxy) is 4. The van der Waals surface area contributed by atoms with Gasteiger partial charge in [0.05, 0.1) is 0 Å². The molecule has 0 radical (unpaired) electrons. The van der Waals surface area contributed by atoms with E-state index in [1.54, 1.807) is 0 Å². The van der Waals surface area contributed by atoms with Gasteiger partial charge >= 0.3 is 644 Å². The van der Waals surface area contributed by atoms with Crippen LogP contribution in [0.25, 0.3) is 127 Å². The molecule has 0 bridgehead atoms. The van der Waals surface area contributed by atoms with Gasteiger partial charge < -0.3 is 0 Å². The minimum absolute atomic E-state index is 0.101. The molecule has 4 aromatic heterocycles. The molecule has 10 nitrogen and oxygen atoms in total. The molecule has 8 aliphatic heterocycles. The number of nitrogens with zero attached hydrogens (tertiary/aromatic N) is 4. The van der Waals surface area contributed by atoms with Crippen molar-refractivity contribution in [3.8, 4) is 90.5 Å². The summed E-state index contributed by atoms with van der Waals surface area (Å²) in [5.41, 5.74) is 39.6. The predicted octanol–water partition coefficient (Wildman–Crippen LogP) is 26.2. The number of anilines is 12. The van der Waals surface area contributed by atoms with Crippen LogP contribution in [-0.4, -0.2) is 55.9 Å². The molecule has 0 amide bonds. The van der Waals surface area contributed by atoms with Crippen LogP contribution in [0.3, 0.4) is 0 Å². The van der Waals surface area contributed by atoms with E-state index < -0.39 is 0 Å². The second-order valence-electron chi connectivity index (χ2n) is 39.5. The molecule has 16 heteroatoms. The molecular formula is C132H76B4N4O6Se2. The molecule has 0 aliphatic carbocycles. The second kappa shape index (κ2) is 31.8. The summed E-state index contributed by atoms with van der Waals surface area (Å²) in [6.07, 6.45) is 0. The molecule has 0 N–H and O–H groups in total. The van der Waals surface area contributed by atoms with E-state index in [2.05, 4.69) is 481 Å². The Morgan fingerprint density at radius 2 is 0.514 bits per heavy atom. The van der Waals surface area contributed by atoms with Crippen molar-refractivity contribution >= 4 is 272 Å². The topological polar surface area (TPSA) is 76.2 Å². The molecule has 0 unspecified atom stereocenters. The van der Waals surface area contributed by atoms with Gasteiger partial charge in [-0.15, -0.1) is 0 Å². The molecule has 148 heavy (non-hydrogen) atoms. The van der Waals surface area contributed by atoms with Crippen LogP contribution >= 0.6 is 0 Å². The third-order valence-corrected chi connectivity index (χ3v) is 36.6. The Hall–Kier alpha value is -17.9. The summed E-state index contributed by atoms with van der Waals surface area (Å²) < 4.78 is 48.7. The van der Waals surface area contributed by atoms with Gasteiger partial charge in [0.2, 0.25) is 0 Å². The number of para-hydroxylation sites is 10. The van der Waals surface area contributed by atoms with Gasteiger partial charge in [0.15, 0.2) is 0 Å². The Morgan fingerprint density at radius 1 is 0.182 bits per heavy atom. The smallest absolute Gasteiger partial charge is 0.0616 e. The van der Waals surface area contributed by atoms with Gasteiger partial charge in [-0.2, -0.15) is 0 Å². The monoisotopic (exact) mass is 2020 g/mol. The van der Waals surface area contributed by atoms with Crippen LogP contribution in [-0.2, 0) is 0 Å². The van der Waals surface area contributed by atoms with Gasteiger partial charge in [-0.25, -0.2) is 0 Å². The summed E-state index contributed by atoms with van der Waals surface area (Å²) in [5.74, 6) is 7.05. The Morgan fingerprint density at radius 3 is 0.912 bits per heavy atom. The van der Waals surface area contributed by atoms with E-state index in [0.717, 1.165) is 235 Å². The van der Waals surface area contributed by atoms with Crippen LogP contribution in [0.5, 0.6) is 46.0 Å². The molecule has 0 saturated carbocycles. The zero-order valence-electron chi connectivity index (χ0n) is 79.2. The van der Waals surface area contributed by atoms with Crippen molar-refractivity contribution in [1.29, 1.82) is 0 Å². The van der Waals surface area contributed by atoms with Crippen molar-refractivity contribution in [2.24, 2.45) is 0 Å². The van der Waals surface area contributed by atoms with Crippen molar-refractivity contribution in [3.63, 3.8) is 0 Å². The van der Waals surface area contributed by atoms with Crippen LogP contribution < -0.4 is 104 Å². The number of benzene rings is 22. The Labute approximate surface area is 864 Å². The fraction of sp³-hybridized carbons (Fsp3) is 0. The Bertz CT molecular complexity index is 9540. The minimum Gasteiger partial charge on any atom is -0.0616 e. The summed E-state index contributed by atoms with van der Waals surface area (Å²) in [7, 11) is 0. The van der Waals surface area contributed by atoms with Gasteiger partial charge in [0.25, 0.3) is 0 Å². The van der Waals surface area contributed by atoms with E-state index >= 15 is 0 Å². The predicted molar refractivity (Wildman–Crippen MR) is 617 cm³/mol. The number of hydrogen-bond donors (Lipinski definition) is 0. The van der Waals surface area contributed by atoms with Crippen molar-refractivity contribution in [1.82, 2.24) is 0 Å². The molecule has 684 valence electrons. The van der Waals surface area contributed by atoms with Gasteiger partial charge in [-0.3, -0.25) is 0 Å². The van der Waals surface area contributed by atoms with Crippen molar-refractivity contribution in [3.05, 3.63) is 461 Å². The van der Waals surface area contributed by atoms with Crippen LogP contribution in [0.2, 0.25) is 0 Å². The SMILES string of the molecule is c1ccc(-c2cccc(-c3ccccc3)c2N2c3cc4c(cc3B3c5ccccc5N(c5ccccc5)c5c3c2cc2oc3ccccc3c52)B2c3ccccc3Oc3c2c(cc2[se]c5ccccc5c32)O4)cc1.c1ccc(-c2cccc(-c3ccccc3)c2N2c3cc4c(cc3B3c5ccccc5N(c5ccccc5)c5c3c2cc2oc3ccccc3c52)B2c3ccccc3Oc3c2c(cc2[se]c5ccccc5c32)O4)cc1. The standard InChI is InChI=1S/2C66H38B2N2O3Se/c2*1-4-19-39(20-5-1)42-27-18-28-43(40-21-6-2-7-22-40)64(42)70-51-36-55-49(68-47-30-13-16-33-54(47)73-66-61-45-26-11-17-34-58(45)74-59(61)38-57(72-55)63(66)68)35-48(51)67-46-29-12-14-31-50(46)69(41-23-8-3-9-24-41)65-60-44-25-10-15-32-53(44)71-56(60)37-52(70)62(65)67/h2*1-38H. The van der Waals surface area contributed by atoms with E-state index in [1.807, 2.05) is 0 Å². The fourth-order valence-electron chi connectivity index (χ4n) is 25.9. The summed E-state index contributed by atoms with van der Waals surface area (Å²) in [6, 6.07) is 168. The molecule has 0 fully saturated rings. The summed E-state index contributed by atoms with van der Waals surface area (Å²) in [6.45, 7) is -0.647. The molecule has 22 aromatic carbocycles. The van der Waals surface area contributed by atoms with Gasteiger partial charge in [0.1, 0.15) is 11.2 Å². The normalized spacial score (nSPS) is 13.5. The number of hydrogen-bond acceptors (Lipinski definition) is 10. The molecule has 26 aromatic rings. The third-order valence-electron chi connectivity index (χ3n) is 31.9. The average Bonchev–Trinajstić information content (AvgIpc) is 1.69. The van der Waals surface area contributed by atoms with E-state index in [-0.39, 0.29) is 55.9 Å². The summed E-state index contributed by atoms with van der Waals surface area (Å²) >= 11 is 0.202. The number of fused-ring (bicyclic) bond motifs is 32. The van der Waals surface area contributed by atoms with E-state index in [0.29, 0.717) is 0 Å². The summed E-state index contributed by atoms with van der Waals surface area (Å²) in [4.78, 5) is 10.1. The number of furan rings is 2. The van der Waals surface area contributed by atoms with Gasteiger partial charge in [-0.1, -0.05) is 158 Å². The summed E-state index contributed by atoms with van der Waals surface area (Å²) in [5, 5.41) is 9.31. The first kappa shape index (κ1) is 82.6. The van der Waals surface area contributed by atoms with E-state index in [4.69, 9.17) is 27.8 Å². The van der Waals surface area contributed by atoms with Crippen LogP contribution in [0.15, 0.2) is 470 Å². The van der Waals surface area contributed by atoms with Crippen LogP contribution in [0.4, 0.5) is 68.2 Å².